The summed E-state index contributed by atoms with van der Waals surface area (Å²) in [7, 11) is 0. The van der Waals surface area contributed by atoms with Crippen LogP contribution in [0.15, 0.2) is 29.6 Å². The molecule has 0 spiro atoms. The van der Waals surface area contributed by atoms with E-state index in [0.29, 0.717) is 6.54 Å². The number of rotatable bonds is 5. The highest BCUT2D eigenvalue weighted by Crippen LogP contribution is 2.31. The van der Waals surface area contributed by atoms with Gasteiger partial charge in [-0.2, -0.15) is 0 Å². The molecule has 0 bridgehead atoms. The fraction of sp³-hybridized carbons (Fsp3) is 0.526. The van der Waals surface area contributed by atoms with Gasteiger partial charge in [0.05, 0.1) is 10.7 Å². The highest BCUT2D eigenvalue weighted by Gasteiger charge is 2.25. The average Bonchev–Trinajstić information content (AvgIpc) is 2.88. The second kappa shape index (κ2) is 6.51. The van der Waals surface area contributed by atoms with Crippen molar-refractivity contribution in [1.82, 2.24) is 4.98 Å². The quantitative estimate of drug-likeness (QED) is 0.884. The third-order valence-corrected chi connectivity index (χ3v) is 5.25. The largest absolute Gasteiger partial charge is 0.330 e. The van der Waals surface area contributed by atoms with Gasteiger partial charge in [0.25, 0.3) is 0 Å². The molecule has 1 heterocycles. The van der Waals surface area contributed by atoms with E-state index in [9.17, 15) is 0 Å². The number of nitrogens with zero attached hydrogens (tertiary/aromatic N) is 1. The van der Waals surface area contributed by atoms with Crippen molar-refractivity contribution in [3.8, 4) is 0 Å². The van der Waals surface area contributed by atoms with E-state index in [0.717, 1.165) is 18.5 Å². The Hall–Kier alpha value is -1.19. The standard InChI is InChI=1S/C19H28N2S/c1-18(2,3)15-8-6-14(7-9-15)12-19(4,5)17-21-16(10-11-20)13-22-17/h6-9,13H,10-12,20H2,1-5H3. The summed E-state index contributed by atoms with van der Waals surface area (Å²) in [6.07, 6.45) is 1.87. The second-order valence-electron chi connectivity index (χ2n) is 7.69. The Bertz CT molecular complexity index is 603. The van der Waals surface area contributed by atoms with E-state index in [2.05, 4.69) is 64.3 Å². The van der Waals surface area contributed by atoms with Crippen LogP contribution in [0.1, 0.15) is 56.4 Å². The molecule has 0 atom stereocenters. The SMILES string of the molecule is CC(C)(C)c1ccc(CC(C)(C)c2nc(CCN)cs2)cc1. The van der Waals surface area contributed by atoms with Crippen LogP contribution in [0.2, 0.25) is 0 Å². The summed E-state index contributed by atoms with van der Waals surface area (Å²) in [6, 6.07) is 9.04. The predicted molar refractivity (Wildman–Crippen MR) is 96.7 cm³/mol. The van der Waals surface area contributed by atoms with Gasteiger partial charge in [-0.15, -0.1) is 11.3 Å². The zero-order valence-electron chi connectivity index (χ0n) is 14.4. The highest BCUT2D eigenvalue weighted by molar-refractivity contribution is 7.09. The van der Waals surface area contributed by atoms with E-state index in [1.165, 1.54) is 16.1 Å². The van der Waals surface area contributed by atoms with Crippen molar-refractivity contribution in [2.24, 2.45) is 5.73 Å². The summed E-state index contributed by atoms with van der Waals surface area (Å²) < 4.78 is 0. The zero-order chi connectivity index (χ0) is 16.4. The number of thiazole rings is 1. The smallest absolute Gasteiger partial charge is 0.0987 e. The van der Waals surface area contributed by atoms with Gasteiger partial charge in [0, 0.05) is 17.2 Å². The molecule has 22 heavy (non-hydrogen) atoms. The van der Waals surface area contributed by atoms with Gasteiger partial charge in [-0.1, -0.05) is 58.9 Å². The minimum Gasteiger partial charge on any atom is -0.330 e. The van der Waals surface area contributed by atoms with Crippen LogP contribution < -0.4 is 5.73 Å². The Labute approximate surface area is 138 Å². The number of nitrogens with two attached hydrogens (primary N) is 1. The maximum absolute atomic E-state index is 5.62. The van der Waals surface area contributed by atoms with Gasteiger partial charge in [0.15, 0.2) is 0 Å². The van der Waals surface area contributed by atoms with Gasteiger partial charge < -0.3 is 5.73 Å². The molecule has 120 valence electrons. The minimum atomic E-state index is 0.0563. The lowest BCUT2D eigenvalue weighted by Crippen LogP contribution is -2.21. The molecule has 1 aromatic heterocycles. The van der Waals surface area contributed by atoms with E-state index >= 15 is 0 Å². The Morgan fingerprint density at radius 2 is 1.68 bits per heavy atom. The molecular formula is C19H28N2S. The monoisotopic (exact) mass is 316 g/mol. The molecule has 1 aromatic carbocycles. The first-order valence-corrected chi connectivity index (χ1v) is 8.85. The summed E-state index contributed by atoms with van der Waals surface area (Å²) in [5.41, 5.74) is 9.76. The molecule has 0 aliphatic rings. The van der Waals surface area contributed by atoms with Crippen LogP contribution in [-0.4, -0.2) is 11.5 Å². The first-order chi connectivity index (χ1) is 10.2. The van der Waals surface area contributed by atoms with E-state index in [4.69, 9.17) is 10.7 Å². The van der Waals surface area contributed by atoms with Crippen molar-refractivity contribution < 1.29 is 0 Å². The molecule has 0 radical (unpaired) electrons. The van der Waals surface area contributed by atoms with Crippen molar-refractivity contribution in [2.75, 3.05) is 6.54 Å². The molecule has 0 unspecified atom stereocenters. The van der Waals surface area contributed by atoms with Crippen LogP contribution in [0.25, 0.3) is 0 Å². The van der Waals surface area contributed by atoms with Crippen molar-refractivity contribution in [1.29, 1.82) is 0 Å². The van der Waals surface area contributed by atoms with Crippen LogP contribution in [0, 0.1) is 0 Å². The van der Waals surface area contributed by atoms with Gasteiger partial charge >= 0.3 is 0 Å². The molecule has 2 aromatic rings. The number of hydrogen-bond acceptors (Lipinski definition) is 3. The number of benzene rings is 1. The molecule has 0 amide bonds. The summed E-state index contributed by atoms with van der Waals surface area (Å²) >= 11 is 1.76. The van der Waals surface area contributed by atoms with Gasteiger partial charge in [-0.25, -0.2) is 4.98 Å². The summed E-state index contributed by atoms with van der Waals surface area (Å²) in [5.74, 6) is 0. The molecule has 2 nitrogen and oxygen atoms in total. The van der Waals surface area contributed by atoms with Crippen molar-refractivity contribution in [3.05, 3.63) is 51.5 Å². The van der Waals surface area contributed by atoms with Crippen LogP contribution in [0.4, 0.5) is 0 Å². The van der Waals surface area contributed by atoms with Crippen molar-refractivity contribution in [3.63, 3.8) is 0 Å². The molecule has 0 aliphatic carbocycles. The summed E-state index contributed by atoms with van der Waals surface area (Å²) in [4.78, 5) is 4.76. The average molecular weight is 317 g/mol. The first kappa shape index (κ1) is 17.2. The first-order valence-electron chi connectivity index (χ1n) is 7.97. The van der Waals surface area contributed by atoms with E-state index in [1.54, 1.807) is 11.3 Å². The molecule has 0 saturated carbocycles. The van der Waals surface area contributed by atoms with Crippen LogP contribution in [0.3, 0.4) is 0 Å². The van der Waals surface area contributed by atoms with Crippen LogP contribution in [0.5, 0.6) is 0 Å². The van der Waals surface area contributed by atoms with Crippen molar-refractivity contribution >= 4 is 11.3 Å². The van der Waals surface area contributed by atoms with Gasteiger partial charge in [0.2, 0.25) is 0 Å². The number of aromatic nitrogens is 1. The molecule has 2 N–H and O–H groups in total. The Morgan fingerprint density at radius 3 is 2.23 bits per heavy atom. The maximum Gasteiger partial charge on any atom is 0.0987 e. The fourth-order valence-electron chi connectivity index (χ4n) is 2.59. The van der Waals surface area contributed by atoms with Crippen LogP contribution in [-0.2, 0) is 23.7 Å². The van der Waals surface area contributed by atoms with Gasteiger partial charge in [-0.05, 0) is 29.5 Å². The van der Waals surface area contributed by atoms with E-state index in [-0.39, 0.29) is 10.8 Å². The normalized spacial score (nSPS) is 12.6. The second-order valence-corrected chi connectivity index (χ2v) is 8.55. The Kier molecular flexibility index (Phi) is 5.08. The summed E-state index contributed by atoms with van der Waals surface area (Å²) in [5, 5.41) is 3.35. The maximum atomic E-state index is 5.62. The molecule has 2 rings (SSSR count). The third-order valence-electron chi connectivity index (χ3n) is 4.00. The molecular weight excluding hydrogens is 288 g/mol. The van der Waals surface area contributed by atoms with E-state index in [1.807, 2.05) is 0 Å². The predicted octanol–water partition coefficient (Wildman–Crippen LogP) is 4.46. The van der Waals surface area contributed by atoms with Crippen molar-refractivity contribution in [2.45, 2.75) is 58.3 Å². The fourth-order valence-corrected chi connectivity index (χ4v) is 3.57. The zero-order valence-corrected chi connectivity index (χ0v) is 15.3. The van der Waals surface area contributed by atoms with E-state index < -0.39 is 0 Å². The topological polar surface area (TPSA) is 38.9 Å². The third kappa shape index (κ3) is 4.17. The van der Waals surface area contributed by atoms with Gasteiger partial charge in [0.1, 0.15) is 0 Å². The lowest BCUT2D eigenvalue weighted by Gasteiger charge is -2.23. The highest BCUT2D eigenvalue weighted by atomic mass is 32.1. The lowest BCUT2D eigenvalue weighted by atomic mass is 9.83. The number of hydrogen-bond donors (Lipinski definition) is 1. The molecule has 0 fully saturated rings. The van der Waals surface area contributed by atoms with Crippen LogP contribution >= 0.6 is 11.3 Å². The Morgan fingerprint density at radius 1 is 1.05 bits per heavy atom. The minimum absolute atomic E-state index is 0.0563. The lowest BCUT2D eigenvalue weighted by molar-refractivity contribution is 0.516. The molecule has 0 saturated heterocycles. The summed E-state index contributed by atoms with van der Waals surface area (Å²) in [6.45, 7) is 12.0. The Balaban J connectivity index is 2.13. The van der Waals surface area contributed by atoms with Gasteiger partial charge in [-0.3, -0.25) is 0 Å². The molecule has 0 aliphatic heterocycles. The molecule has 3 heteroatoms.